The molecule has 2 N–H and O–H groups in total. The van der Waals surface area contributed by atoms with Crippen molar-refractivity contribution in [1.82, 2.24) is 0 Å². The summed E-state index contributed by atoms with van der Waals surface area (Å²) in [5.41, 5.74) is -2.76. The molecule has 0 bridgehead atoms. The molecule has 0 spiro atoms. The Labute approximate surface area is 229 Å². The van der Waals surface area contributed by atoms with Gasteiger partial charge in [0.1, 0.15) is 0 Å². The molecular weight excluding hydrogens is 500 g/mol. The second-order valence-electron chi connectivity index (χ2n) is 12.3. The maximum Gasteiger partial charge on any atom is 0.306 e. The van der Waals surface area contributed by atoms with Gasteiger partial charge in [0, 0.05) is 23.2 Å². The molecule has 3 fully saturated rings. The van der Waals surface area contributed by atoms with E-state index < -0.39 is 34.3 Å². The van der Waals surface area contributed by atoms with E-state index in [1.54, 1.807) is 0 Å². The largest absolute Gasteiger partial charge is 0.450 e. The van der Waals surface area contributed by atoms with Crippen LogP contribution in [0.2, 0.25) is 0 Å². The predicted octanol–water partition coefficient (Wildman–Crippen LogP) is 5.25. The number of ketones is 2. The Kier molecular flexibility index (Phi) is 7.42. The molecule has 0 aromatic heterocycles. The van der Waals surface area contributed by atoms with Crippen LogP contribution in [0.5, 0.6) is 0 Å². The van der Waals surface area contributed by atoms with Crippen molar-refractivity contribution < 1.29 is 29.3 Å². The van der Waals surface area contributed by atoms with Crippen LogP contribution in [0.4, 0.5) is 0 Å². The normalized spacial score (nSPS) is 38.9. The van der Waals surface area contributed by atoms with Crippen LogP contribution < -0.4 is 0 Å². The molecule has 38 heavy (non-hydrogen) atoms. The maximum absolute atomic E-state index is 14.2. The molecule has 0 amide bonds. The minimum Gasteiger partial charge on any atom is -0.450 e. The number of thioether (sulfide) groups is 1. The zero-order valence-corrected chi connectivity index (χ0v) is 23.5. The number of fused-ring (bicyclic) bond motifs is 5. The van der Waals surface area contributed by atoms with Gasteiger partial charge >= 0.3 is 5.97 Å². The number of allylic oxidation sites excluding steroid dienone is 1. The van der Waals surface area contributed by atoms with Gasteiger partial charge in [-0.3, -0.25) is 14.4 Å². The minimum absolute atomic E-state index is 0.00506. The first-order chi connectivity index (χ1) is 18.1. The number of Topliss-reactive ketones (excluding diaryl/α,β-unsaturated/α-hetero) is 1. The third kappa shape index (κ3) is 4.29. The lowest BCUT2D eigenvalue weighted by Gasteiger charge is -2.60. The van der Waals surface area contributed by atoms with Crippen LogP contribution >= 0.6 is 11.8 Å². The molecule has 8 atom stereocenters. The Balaban J connectivity index is 1.51. The van der Waals surface area contributed by atoms with Crippen molar-refractivity contribution in [2.45, 2.75) is 101 Å². The minimum atomic E-state index is -1.49. The van der Waals surface area contributed by atoms with E-state index in [0.717, 1.165) is 41.5 Å². The standard InChI is InChI=1S/C31H40O6S/c1-4-8-25(34)37-31(27(35)28(36)38-21-9-6-5-7-10-21)16-14-23-22-12-11-19-17-20(32)13-15-29(19,2)26(22)24(33)18-30(23,31)3/h5-7,9-10,17,22-24,26,28,33,36H,4,8,11-16,18H2,1-3H3/t22-,23-,24-,26+,28?,29-,30-,31+/m0/s1. The van der Waals surface area contributed by atoms with Gasteiger partial charge in [-0.2, -0.15) is 0 Å². The quantitative estimate of drug-likeness (QED) is 0.277. The van der Waals surface area contributed by atoms with Crippen LogP contribution in [0, 0.1) is 28.6 Å². The molecule has 5 rings (SSSR count). The number of esters is 1. The summed E-state index contributed by atoms with van der Waals surface area (Å²) in [7, 11) is 0. The molecule has 1 aromatic rings. The van der Waals surface area contributed by atoms with Gasteiger partial charge < -0.3 is 14.9 Å². The third-order valence-electron chi connectivity index (χ3n) is 10.4. The fourth-order valence-electron chi connectivity index (χ4n) is 8.63. The van der Waals surface area contributed by atoms with Crippen LogP contribution in [-0.4, -0.2) is 44.9 Å². The van der Waals surface area contributed by atoms with Crippen LogP contribution in [0.15, 0.2) is 46.9 Å². The van der Waals surface area contributed by atoms with E-state index in [1.807, 2.05) is 50.3 Å². The van der Waals surface area contributed by atoms with Gasteiger partial charge in [-0.15, -0.1) is 0 Å². The molecule has 4 aliphatic rings. The number of ether oxygens (including phenoxy) is 1. The maximum atomic E-state index is 14.2. The lowest BCUT2D eigenvalue weighted by molar-refractivity contribution is -0.203. The average Bonchev–Trinajstić information content (AvgIpc) is 3.16. The lowest BCUT2D eigenvalue weighted by Crippen LogP contribution is -2.64. The van der Waals surface area contributed by atoms with Crippen molar-refractivity contribution in [2.75, 3.05) is 0 Å². The highest BCUT2D eigenvalue weighted by Crippen LogP contribution is 2.68. The molecule has 6 nitrogen and oxygen atoms in total. The number of carbonyl (C=O) groups is 3. The number of hydrogen-bond donors (Lipinski definition) is 2. The summed E-state index contributed by atoms with van der Waals surface area (Å²) in [6, 6.07) is 9.27. The van der Waals surface area contributed by atoms with Crippen LogP contribution in [0.3, 0.4) is 0 Å². The average molecular weight is 541 g/mol. The highest BCUT2D eigenvalue weighted by molar-refractivity contribution is 8.00. The Morgan fingerprint density at radius 2 is 1.87 bits per heavy atom. The van der Waals surface area contributed by atoms with E-state index in [2.05, 4.69) is 6.92 Å². The van der Waals surface area contributed by atoms with Gasteiger partial charge in [-0.1, -0.05) is 56.3 Å². The van der Waals surface area contributed by atoms with E-state index in [0.29, 0.717) is 32.1 Å². The van der Waals surface area contributed by atoms with Gasteiger partial charge in [-0.05, 0) is 86.3 Å². The first-order valence-corrected chi connectivity index (χ1v) is 15.0. The van der Waals surface area contributed by atoms with Gasteiger partial charge in [0.15, 0.2) is 16.8 Å². The van der Waals surface area contributed by atoms with Gasteiger partial charge in [0.05, 0.1) is 6.10 Å². The molecule has 0 radical (unpaired) electrons. The zero-order chi connectivity index (χ0) is 27.3. The van der Waals surface area contributed by atoms with Crippen molar-refractivity contribution in [2.24, 2.45) is 28.6 Å². The number of aliphatic hydroxyl groups excluding tert-OH is 2. The smallest absolute Gasteiger partial charge is 0.306 e. The number of hydrogen-bond acceptors (Lipinski definition) is 7. The molecule has 0 aliphatic heterocycles. The molecule has 4 aliphatic carbocycles. The van der Waals surface area contributed by atoms with Crippen molar-refractivity contribution in [1.29, 1.82) is 0 Å². The first-order valence-electron chi connectivity index (χ1n) is 14.1. The Hall–Kier alpha value is -1.96. The van der Waals surface area contributed by atoms with Crippen LogP contribution in [0.1, 0.15) is 78.6 Å². The van der Waals surface area contributed by atoms with Crippen LogP contribution in [-0.2, 0) is 19.1 Å². The lowest BCUT2D eigenvalue weighted by atomic mass is 9.45. The summed E-state index contributed by atoms with van der Waals surface area (Å²) in [5, 5.41) is 23.0. The van der Waals surface area contributed by atoms with Gasteiger partial charge in [0.25, 0.3) is 0 Å². The molecule has 1 aromatic carbocycles. The van der Waals surface area contributed by atoms with E-state index in [9.17, 15) is 24.6 Å². The monoisotopic (exact) mass is 540 g/mol. The Morgan fingerprint density at radius 1 is 1.13 bits per heavy atom. The van der Waals surface area contributed by atoms with Crippen molar-refractivity contribution in [3.63, 3.8) is 0 Å². The highest BCUT2D eigenvalue weighted by Gasteiger charge is 2.71. The fraction of sp³-hybridized carbons (Fsp3) is 0.645. The zero-order valence-electron chi connectivity index (χ0n) is 22.7. The van der Waals surface area contributed by atoms with Crippen molar-refractivity contribution in [3.8, 4) is 0 Å². The second-order valence-corrected chi connectivity index (χ2v) is 13.5. The van der Waals surface area contributed by atoms with Crippen molar-refractivity contribution in [3.05, 3.63) is 42.0 Å². The van der Waals surface area contributed by atoms with E-state index in [1.165, 1.54) is 0 Å². The number of rotatable bonds is 7. The summed E-state index contributed by atoms with van der Waals surface area (Å²) in [6.07, 6.45) is 6.18. The SMILES string of the molecule is CCCC(=O)O[C@@]1(C(=O)C(O)Sc2ccccc2)CC[C@H]2[C@@H]3CCC4=CC(=O)CC[C@]4(C)[C@H]3[C@@H](O)C[C@@]21C. The van der Waals surface area contributed by atoms with Gasteiger partial charge in [0.2, 0.25) is 5.78 Å². The summed E-state index contributed by atoms with van der Waals surface area (Å²) >= 11 is 1.07. The molecule has 3 saturated carbocycles. The summed E-state index contributed by atoms with van der Waals surface area (Å²) in [6.45, 7) is 6.09. The molecule has 206 valence electrons. The Morgan fingerprint density at radius 3 is 2.58 bits per heavy atom. The predicted molar refractivity (Wildman–Crippen MR) is 145 cm³/mol. The number of aliphatic hydroxyl groups is 2. The second kappa shape index (κ2) is 10.2. The number of benzene rings is 1. The highest BCUT2D eigenvalue weighted by atomic mass is 32.2. The first kappa shape index (κ1) is 27.6. The summed E-state index contributed by atoms with van der Waals surface area (Å²) < 4.78 is 6.18. The summed E-state index contributed by atoms with van der Waals surface area (Å²) in [5.74, 6) is -0.518. The topological polar surface area (TPSA) is 101 Å². The molecule has 0 heterocycles. The van der Waals surface area contributed by atoms with Crippen LogP contribution in [0.25, 0.3) is 0 Å². The van der Waals surface area contributed by atoms with E-state index in [4.69, 9.17) is 4.74 Å². The van der Waals surface area contributed by atoms with Crippen molar-refractivity contribution >= 4 is 29.3 Å². The molecule has 1 unspecified atom stereocenters. The molecular formula is C31H40O6S. The van der Waals surface area contributed by atoms with E-state index in [-0.39, 0.29) is 35.4 Å². The summed E-state index contributed by atoms with van der Waals surface area (Å²) in [4.78, 5) is 40.1. The Bertz CT molecular complexity index is 1130. The third-order valence-corrected chi connectivity index (χ3v) is 11.4. The van der Waals surface area contributed by atoms with Gasteiger partial charge in [-0.25, -0.2) is 0 Å². The van der Waals surface area contributed by atoms with E-state index >= 15 is 0 Å². The fourth-order valence-corrected chi connectivity index (χ4v) is 9.50. The molecule has 7 heteroatoms. The number of carbonyl (C=O) groups excluding carboxylic acids is 3. The molecule has 0 saturated heterocycles.